The summed E-state index contributed by atoms with van der Waals surface area (Å²) in [5.41, 5.74) is 1.36. The minimum absolute atomic E-state index is 0.0750. The van der Waals surface area contributed by atoms with Gasteiger partial charge in [-0.1, -0.05) is 30.3 Å². The van der Waals surface area contributed by atoms with Gasteiger partial charge in [-0.15, -0.1) is 0 Å². The molecule has 2 rings (SSSR count). The number of benzene rings is 1. The summed E-state index contributed by atoms with van der Waals surface area (Å²) in [4.78, 5) is 20.5. The van der Waals surface area contributed by atoms with Gasteiger partial charge in [0.15, 0.2) is 0 Å². The van der Waals surface area contributed by atoms with Crippen LogP contribution >= 0.6 is 0 Å². The number of hydrogen-bond donors (Lipinski definition) is 2. The third-order valence-electron chi connectivity index (χ3n) is 2.97. The predicted octanol–water partition coefficient (Wildman–Crippen LogP) is 2.79. The summed E-state index contributed by atoms with van der Waals surface area (Å²) in [6.45, 7) is 5.98. The van der Waals surface area contributed by atoms with Crippen LogP contribution in [0.2, 0.25) is 0 Å². The Morgan fingerprint density at radius 3 is 2.33 bits per heavy atom. The molecule has 2 aromatic rings. The molecule has 5 nitrogen and oxygen atoms in total. The van der Waals surface area contributed by atoms with Crippen molar-refractivity contribution in [1.29, 1.82) is 0 Å². The van der Waals surface area contributed by atoms with Crippen LogP contribution < -0.4 is 10.6 Å². The zero-order valence-corrected chi connectivity index (χ0v) is 12.5. The Balaban J connectivity index is 2.00. The summed E-state index contributed by atoms with van der Waals surface area (Å²) in [5.74, 6) is 0.438. The first kappa shape index (κ1) is 15.0. The molecule has 0 radical (unpaired) electrons. The van der Waals surface area contributed by atoms with Gasteiger partial charge in [-0.2, -0.15) is 0 Å². The number of hydrogen-bond acceptors (Lipinski definition) is 4. The quantitative estimate of drug-likeness (QED) is 0.886. The first-order valence-corrected chi connectivity index (χ1v) is 7.00. The molecule has 1 heterocycles. The average molecular weight is 284 g/mol. The van der Waals surface area contributed by atoms with Crippen molar-refractivity contribution < 1.29 is 4.79 Å². The minimum atomic E-state index is -0.227. The zero-order chi connectivity index (χ0) is 15.2. The molecule has 0 saturated carbocycles. The fourth-order valence-electron chi connectivity index (χ4n) is 1.91. The summed E-state index contributed by atoms with van der Waals surface area (Å²) in [7, 11) is 0. The lowest BCUT2D eigenvalue weighted by Crippen LogP contribution is -2.27. The van der Waals surface area contributed by atoms with Crippen LogP contribution in [0.1, 0.15) is 42.9 Å². The Hall–Kier alpha value is -2.43. The van der Waals surface area contributed by atoms with E-state index in [4.69, 9.17) is 0 Å². The second-order valence-corrected chi connectivity index (χ2v) is 5.19. The number of aromatic nitrogens is 2. The van der Waals surface area contributed by atoms with Crippen LogP contribution in [-0.4, -0.2) is 21.9 Å². The molecular formula is C16H20N4O. The van der Waals surface area contributed by atoms with E-state index < -0.39 is 0 Å². The molecule has 0 bridgehead atoms. The second-order valence-electron chi connectivity index (χ2n) is 5.19. The van der Waals surface area contributed by atoms with E-state index in [0.717, 1.165) is 5.56 Å². The van der Waals surface area contributed by atoms with E-state index in [0.29, 0.717) is 11.5 Å². The molecule has 0 fully saturated rings. The Labute approximate surface area is 124 Å². The first-order valence-electron chi connectivity index (χ1n) is 7.00. The number of nitrogens with one attached hydrogen (secondary N) is 2. The van der Waals surface area contributed by atoms with E-state index in [2.05, 4.69) is 20.6 Å². The van der Waals surface area contributed by atoms with Gasteiger partial charge in [0.05, 0.1) is 18.4 Å². The van der Waals surface area contributed by atoms with Gasteiger partial charge in [0.1, 0.15) is 11.5 Å². The first-order chi connectivity index (χ1) is 10.1. The standard InChI is InChI=1S/C16H20N4O/c1-11(2)19-15-10-17-14(9-18-15)16(21)20-12(3)13-7-5-4-6-8-13/h4-12H,1-3H3,(H,18,19)(H,20,21). The zero-order valence-electron chi connectivity index (χ0n) is 12.5. The normalized spacial score (nSPS) is 12.0. The topological polar surface area (TPSA) is 66.9 Å². The van der Waals surface area contributed by atoms with E-state index in [1.54, 1.807) is 6.20 Å². The summed E-state index contributed by atoms with van der Waals surface area (Å²) >= 11 is 0. The van der Waals surface area contributed by atoms with Crippen molar-refractivity contribution in [3.05, 3.63) is 54.0 Å². The molecule has 0 spiro atoms. The molecule has 1 amide bonds. The Morgan fingerprint density at radius 2 is 1.76 bits per heavy atom. The maximum absolute atomic E-state index is 12.1. The average Bonchev–Trinajstić information content (AvgIpc) is 2.48. The smallest absolute Gasteiger partial charge is 0.271 e. The van der Waals surface area contributed by atoms with Crippen LogP contribution in [-0.2, 0) is 0 Å². The van der Waals surface area contributed by atoms with Crippen LogP contribution in [0.3, 0.4) is 0 Å². The van der Waals surface area contributed by atoms with E-state index in [9.17, 15) is 4.79 Å². The highest BCUT2D eigenvalue weighted by molar-refractivity contribution is 5.92. The lowest BCUT2D eigenvalue weighted by molar-refractivity contribution is 0.0934. The number of carbonyl (C=O) groups excluding carboxylic acids is 1. The molecule has 0 aliphatic carbocycles. The number of carbonyl (C=O) groups is 1. The largest absolute Gasteiger partial charge is 0.367 e. The lowest BCUT2D eigenvalue weighted by Gasteiger charge is -2.14. The highest BCUT2D eigenvalue weighted by Gasteiger charge is 2.12. The molecule has 21 heavy (non-hydrogen) atoms. The van der Waals surface area contributed by atoms with E-state index in [1.807, 2.05) is 51.1 Å². The van der Waals surface area contributed by atoms with Gasteiger partial charge in [0.2, 0.25) is 0 Å². The van der Waals surface area contributed by atoms with Gasteiger partial charge < -0.3 is 10.6 Å². The van der Waals surface area contributed by atoms with Crippen molar-refractivity contribution in [2.24, 2.45) is 0 Å². The maximum Gasteiger partial charge on any atom is 0.271 e. The summed E-state index contributed by atoms with van der Waals surface area (Å²) in [6.07, 6.45) is 3.06. The van der Waals surface area contributed by atoms with Crippen LogP contribution in [0.25, 0.3) is 0 Å². The Bertz CT molecular complexity index is 581. The van der Waals surface area contributed by atoms with Gasteiger partial charge in [0.25, 0.3) is 5.91 Å². The molecule has 1 aromatic heterocycles. The highest BCUT2D eigenvalue weighted by atomic mass is 16.1. The minimum Gasteiger partial charge on any atom is -0.367 e. The molecule has 0 aliphatic heterocycles. The molecule has 1 atom stereocenters. The van der Waals surface area contributed by atoms with Crippen molar-refractivity contribution in [1.82, 2.24) is 15.3 Å². The SMILES string of the molecule is CC(C)Nc1cnc(C(=O)NC(C)c2ccccc2)cn1. The number of anilines is 1. The fraction of sp³-hybridized carbons (Fsp3) is 0.312. The van der Waals surface area contributed by atoms with Gasteiger partial charge in [0, 0.05) is 6.04 Å². The van der Waals surface area contributed by atoms with Crippen LogP contribution in [0.4, 0.5) is 5.82 Å². The molecule has 1 unspecified atom stereocenters. The number of amides is 1. The molecule has 0 aliphatic rings. The Kier molecular flexibility index (Phi) is 4.87. The van der Waals surface area contributed by atoms with Crippen LogP contribution in [0, 0.1) is 0 Å². The van der Waals surface area contributed by atoms with E-state index in [-0.39, 0.29) is 18.0 Å². The maximum atomic E-state index is 12.1. The number of rotatable bonds is 5. The molecule has 1 aromatic carbocycles. The molecule has 110 valence electrons. The van der Waals surface area contributed by atoms with Gasteiger partial charge >= 0.3 is 0 Å². The Morgan fingerprint density at radius 1 is 1.05 bits per heavy atom. The van der Waals surface area contributed by atoms with Crippen molar-refractivity contribution in [3.63, 3.8) is 0 Å². The summed E-state index contributed by atoms with van der Waals surface area (Å²) < 4.78 is 0. The molecule has 5 heteroatoms. The molecule has 2 N–H and O–H groups in total. The van der Waals surface area contributed by atoms with Crippen LogP contribution in [0.15, 0.2) is 42.7 Å². The van der Waals surface area contributed by atoms with Gasteiger partial charge in [-0.3, -0.25) is 4.79 Å². The van der Waals surface area contributed by atoms with Crippen molar-refractivity contribution >= 4 is 11.7 Å². The van der Waals surface area contributed by atoms with Gasteiger partial charge in [-0.05, 0) is 26.3 Å². The molecule has 0 saturated heterocycles. The van der Waals surface area contributed by atoms with Gasteiger partial charge in [-0.25, -0.2) is 9.97 Å². The fourth-order valence-corrected chi connectivity index (χ4v) is 1.91. The highest BCUT2D eigenvalue weighted by Crippen LogP contribution is 2.12. The van der Waals surface area contributed by atoms with E-state index in [1.165, 1.54) is 6.20 Å². The monoisotopic (exact) mass is 284 g/mol. The molecular weight excluding hydrogens is 264 g/mol. The summed E-state index contributed by atoms with van der Waals surface area (Å²) in [5, 5.41) is 6.04. The lowest BCUT2D eigenvalue weighted by atomic mass is 10.1. The van der Waals surface area contributed by atoms with Crippen molar-refractivity contribution in [3.8, 4) is 0 Å². The van der Waals surface area contributed by atoms with Crippen molar-refractivity contribution in [2.45, 2.75) is 32.9 Å². The second kappa shape index (κ2) is 6.83. The third-order valence-corrected chi connectivity index (χ3v) is 2.97. The van der Waals surface area contributed by atoms with Crippen LogP contribution in [0.5, 0.6) is 0 Å². The predicted molar refractivity (Wildman–Crippen MR) is 83.1 cm³/mol. The number of nitrogens with zero attached hydrogens (tertiary/aromatic N) is 2. The third kappa shape index (κ3) is 4.27. The summed E-state index contributed by atoms with van der Waals surface area (Å²) in [6, 6.07) is 10.0. The van der Waals surface area contributed by atoms with E-state index >= 15 is 0 Å². The van der Waals surface area contributed by atoms with Crippen molar-refractivity contribution in [2.75, 3.05) is 5.32 Å².